The van der Waals surface area contributed by atoms with Crippen molar-refractivity contribution in [3.05, 3.63) is 48.2 Å². The second kappa shape index (κ2) is 6.43. The summed E-state index contributed by atoms with van der Waals surface area (Å²) < 4.78 is 5.27. The van der Waals surface area contributed by atoms with E-state index in [1.807, 2.05) is 23.1 Å². The molecule has 1 aliphatic rings. The number of likely N-dealkylation sites (tertiary alicyclic amines) is 1. The molecule has 1 fully saturated rings. The van der Waals surface area contributed by atoms with E-state index >= 15 is 0 Å². The van der Waals surface area contributed by atoms with Crippen LogP contribution in [-0.2, 0) is 6.54 Å². The second-order valence-electron chi connectivity index (χ2n) is 5.25. The van der Waals surface area contributed by atoms with Crippen molar-refractivity contribution in [1.82, 2.24) is 9.88 Å². The van der Waals surface area contributed by atoms with Crippen molar-refractivity contribution in [2.75, 3.05) is 18.4 Å². The van der Waals surface area contributed by atoms with E-state index in [1.54, 1.807) is 18.7 Å². The first kappa shape index (κ1) is 13.7. The van der Waals surface area contributed by atoms with Crippen molar-refractivity contribution in [2.45, 2.75) is 25.8 Å². The third-order valence-corrected chi connectivity index (χ3v) is 3.68. The van der Waals surface area contributed by atoms with Gasteiger partial charge in [0.25, 0.3) is 5.91 Å². The highest BCUT2D eigenvalue weighted by molar-refractivity contribution is 5.94. The molecule has 5 heteroatoms. The second-order valence-corrected chi connectivity index (χ2v) is 5.25. The number of amides is 1. The molecule has 0 aliphatic carbocycles. The van der Waals surface area contributed by atoms with Gasteiger partial charge in [0.1, 0.15) is 5.76 Å². The van der Waals surface area contributed by atoms with Crippen molar-refractivity contribution in [3.8, 4) is 0 Å². The Hall–Kier alpha value is -2.30. The van der Waals surface area contributed by atoms with Crippen LogP contribution in [0.15, 0.2) is 41.3 Å². The molecule has 2 aromatic heterocycles. The average Bonchev–Trinajstić information content (AvgIpc) is 3.07. The minimum atomic E-state index is 0.0730. The van der Waals surface area contributed by atoms with Gasteiger partial charge in [0.2, 0.25) is 0 Å². The SMILES string of the molecule is O=C(c1cncc(NCc2ccco2)c1)N1CCCCC1. The molecule has 1 saturated heterocycles. The zero-order valence-electron chi connectivity index (χ0n) is 11.9. The molecule has 1 amide bonds. The molecule has 0 spiro atoms. The van der Waals surface area contributed by atoms with Gasteiger partial charge in [-0.3, -0.25) is 9.78 Å². The van der Waals surface area contributed by atoms with Crippen LogP contribution in [0.4, 0.5) is 5.69 Å². The minimum absolute atomic E-state index is 0.0730. The third kappa shape index (κ3) is 3.42. The zero-order valence-corrected chi connectivity index (χ0v) is 11.9. The summed E-state index contributed by atoms with van der Waals surface area (Å²) in [6, 6.07) is 5.61. The largest absolute Gasteiger partial charge is 0.467 e. The number of rotatable bonds is 4. The first-order valence-corrected chi connectivity index (χ1v) is 7.33. The highest BCUT2D eigenvalue weighted by Gasteiger charge is 2.18. The van der Waals surface area contributed by atoms with Gasteiger partial charge in [-0.2, -0.15) is 0 Å². The molecule has 1 N–H and O–H groups in total. The van der Waals surface area contributed by atoms with Gasteiger partial charge in [0.15, 0.2) is 0 Å². The summed E-state index contributed by atoms with van der Waals surface area (Å²) in [6.45, 7) is 2.28. The van der Waals surface area contributed by atoms with Gasteiger partial charge in [-0.15, -0.1) is 0 Å². The number of pyridine rings is 1. The van der Waals surface area contributed by atoms with Crippen molar-refractivity contribution in [1.29, 1.82) is 0 Å². The molecule has 21 heavy (non-hydrogen) atoms. The normalized spacial score (nSPS) is 15.0. The Balaban J connectivity index is 1.66. The van der Waals surface area contributed by atoms with Gasteiger partial charge < -0.3 is 14.6 Å². The lowest BCUT2D eigenvalue weighted by atomic mass is 10.1. The lowest BCUT2D eigenvalue weighted by molar-refractivity contribution is 0.0724. The predicted octanol–water partition coefficient (Wildman–Crippen LogP) is 2.91. The van der Waals surface area contributed by atoms with Crippen molar-refractivity contribution < 1.29 is 9.21 Å². The van der Waals surface area contributed by atoms with E-state index in [0.29, 0.717) is 12.1 Å². The van der Waals surface area contributed by atoms with Gasteiger partial charge in [-0.25, -0.2) is 0 Å². The van der Waals surface area contributed by atoms with E-state index in [2.05, 4.69) is 10.3 Å². The number of aromatic nitrogens is 1. The quantitative estimate of drug-likeness (QED) is 0.938. The fourth-order valence-corrected chi connectivity index (χ4v) is 2.54. The Morgan fingerprint density at radius 2 is 2.14 bits per heavy atom. The maximum atomic E-state index is 12.4. The Bertz CT molecular complexity index is 589. The van der Waals surface area contributed by atoms with Gasteiger partial charge in [0.05, 0.1) is 24.1 Å². The van der Waals surface area contributed by atoms with E-state index in [0.717, 1.165) is 37.4 Å². The van der Waals surface area contributed by atoms with Crippen LogP contribution < -0.4 is 5.32 Å². The monoisotopic (exact) mass is 285 g/mol. The Labute approximate surface area is 124 Å². The zero-order chi connectivity index (χ0) is 14.5. The van der Waals surface area contributed by atoms with E-state index < -0.39 is 0 Å². The maximum absolute atomic E-state index is 12.4. The van der Waals surface area contributed by atoms with E-state index in [9.17, 15) is 4.79 Å². The number of hydrogen-bond donors (Lipinski definition) is 1. The highest BCUT2D eigenvalue weighted by atomic mass is 16.3. The lowest BCUT2D eigenvalue weighted by Gasteiger charge is -2.26. The summed E-state index contributed by atoms with van der Waals surface area (Å²) in [5.74, 6) is 0.923. The van der Waals surface area contributed by atoms with E-state index in [-0.39, 0.29) is 5.91 Å². The fourth-order valence-electron chi connectivity index (χ4n) is 2.54. The number of nitrogens with one attached hydrogen (secondary N) is 1. The summed E-state index contributed by atoms with van der Waals surface area (Å²) >= 11 is 0. The molecule has 3 rings (SSSR count). The molecule has 110 valence electrons. The van der Waals surface area contributed by atoms with E-state index in [4.69, 9.17) is 4.42 Å². The van der Waals surface area contributed by atoms with Crippen LogP contribution >= 0.6 is 0 Å². The molecule has 0 bridgehead atoms. The molecule has 0 aromatic carbocycles. The highest BCUT2D eigenvalue weighted by Crippen LogP contribution is 2.16. The summed E-state index contributed by atoms with van der Waals surface area (Å²) in [7, 11) is 0. The van der Waals surface area contributed by atoms with Crippen LogP contribution in [0.3, 0.4) is 0 Å². The smallest absolute Gasteiger partial charge is 0.255 e. The van der Waals surface area contributed by atoms with Crippen LogP contribution in [0.25, 0.3) is 0 Å². The summed E-state index contributed by atoms with van der Waals surface area (Å²) in [4.78, 5) is 18.5. The number of nitrogens with zero attached hydrogens (tertiary/aromatic N) is 2. The number of furan rings is 1. The molecular weight excluding hydrogens is 266 g/mol. The van der Waals surface area contributed by atoms with E-state index in [1.165, 1.54) is 6.42 Å². The number of anilines is 1. The molecule has 2 aromatic rings. The van der Waals surface area contributed by atoms with Crippen LogP contribution in [0, 0.1) is 0 Å². The number of carbonyl (C=O) groups is 1. The molecule has 3 heterocycles. The average molecular weight is 285 g/mol. The summed E-state index contributed by atoms with van der Waals surface area (Å²) in [5.41, 5.74) is 1.47. The van der Waals surface area contributed by atoms with Crippen molar-refractivity contribution in [3.63, 3.8) is 0 Å². The maximum Gasteiger partial charge on any atom is 0.255 e. The molecule has 1 aliphatic heterocycles. The molecule has 0 unspecified atom stereocenters. The Morgan fingerprint density at radius 1 is 1.29 bits per heavy atom. The Morgan fingerprint density at radius 3 is 2.90 bits per heavy atom. The van der Waals surface area contributed by atoms with Gasteiger partial charge in [-0.05, 0) is 37.5 Å². The van der Waals surface area contributed by atoms with Crippen molar-refractivity contribution >= 4 is 11.6 Å². The topological polar surface area (TPSA) is 58.4 Å². The Kier molecular flexibility index (Phi) is 4.19. The molecule has 0 radical (unpaired) electrons. The number of piperidine rings is 1. The lowest BCUT2D eigenvalue weighted by Crippen LogP contribution is -2.35. The summed E-state index contributed by atoms with van der Waals surface area (Å²) in [5, 5.41) is 3.22. The predicted molar refractivity (Wildman–Crippen MR) is 80.0 cm³/mol. The number of carbonyl (C=O) groups excluding carboxylic acids is 1. The molecule has 0 atom stereocenters. The molecular formula is C16H19N3O2. The van der Waals surface area contributed by atoms with Crippen LogP contribution in [0.1, 0.15) is 35.4 Å². The molecule has 5 nitrogen and oxygen atoms in total. The standard InChI is InChI=1S/C16H19N3O2/c20-16(19-6-2-1-3-7-19)13-9-14(11-17-10-13)18-12-15-5-4-8-21-15/h4-5,8-11,18H,1-3,6-7,12H2. The first-order valence-electron chi connectivity index (χ1n) is 7.33. The van der Waals surface area contributed by atoms with Gasteiger partial charge in [0, 0.05) is 25.5 Å². The third-order valence-electron chi connectivity index (χ3n) is 3.68. The first-order chi connectivity index (χ1) is 10.3. The minimum Gasteiger partial charge on any atom is -0.467 e. The van der Waals surface area contributed by atoms with Crippen molar-refractivity contribution in [2.24, 2.45) is 0 Å². The molecule has 0 saturated carbocycles. The fraction of sp³-hybridized carbons (Fsp3) is 0.375. The van der Waals surface area contributed by atoms with Crippen LogP contribution in [-0.4, -0.2) is 28.9 Å². The number of hydrogen-bond acceptors (Lipinski definition) is 4. The van der Waals surface area contributed by atoms with Gasteiger partial charge in [-0.1, -0.05) is 0 Å². The van der Waals surface area contributed by atoms with Crippen LogP contribution in [0.5, 0.6) is 0 Å². The summed E-state index contributed by atoms with van der Waals surface area (Å²) in [6.07, 6.45) is 8.40. The van der Waals surface area contributed by atoms with Crippen LogP contribution in [0.2, 0.25) is 0 Å². The van der Waals surface area contributed by atoms with Gasteiger partial charge >= 0.3 is 0 Å².